The molecule has 0 unspecified atom stereocenters. The summed E-state index contributed by atoms with van der Waals surface area (Å²) >= 11 is 0. The summed E-state index contributed by atoms with van der Waals surface area (Å²) in [5, 5.41) is 0. The normalized spacial score (nSPS) is 10.1. The van der Waals surface area contributed by atoms with E-state index < -0.39 is 0 Å². The number of carbonyl (C=O) groups excluding carboxylic acids is 1. The van der Waals surface area contributed by atoms with Gasteiger partial charge in [-0.25, -0.2) is 0 Å². The lowest BCUT2D eigenvalue weighted by Gasteiger charge is -2.10. The molecule has 0 N–H and O–H groups in total. The Bertz CT molecular complexity index is 588. The van der Waals surface area contributed by atoms with Crippen LogP contribution in [0.3, 0.4) is 0 Å². The van der Waals surface area contributed by atoms with E-state index in [9.17, 15) is 4.79 Å². The number of allylic oxidation sites excluding steroid dienone is 1. The highest BCUT2D eigenvalue weighted by atomic mass is 16.5. The summed E-state index contributed by atoms with van der Waals surface area (Å²) in [6.45, 7) is 4.30. The van der Waals surface area contributed by atoms with Gasteiger partial charge in [0.25, 0.3) is 0 Å². The number of carbonyl (C=O) groups is 1. The van der Waals surface area contributed by atoms with E-state index in [0.717, 1.165) is 29.7 Å². The second-order valence-corrected chi connectivity index (χ2v) is 4.84. The molecule has 2 aromatic rings. The molecule has 0 heterocycles. The maximum absolute atomic E-state index is 12.0. The Kier molecular flexibility index (Phi) is 5.77. The zero-order chi connectivity index (χ0) is 14.9. The Morgan fingerprint density at radius 2 is 1.76 bits per heavy atom. The van der Waals surface area contributed by atoms with Gasteiger partial charge < -0.3 is 4.74 Å². The van der Waals surface area contributed by atoms with Gasteiger partial charge in [-0.15, -0.1) is 6.58 Å². The average molecular weight is 280 g/mol. The molecule has 21 heavy (non-hydrogen) atoms. The maximum atomic E-state index is 12.0. The lowest BCUT2D eigenvalue weighted by atomic mass is 10.1. The molecule has 0 saturated carbocycles. The molecule has 0 saturated heterocycles. The zero-order valence-electron chi connectivity index (χ0n) is 12.1. The Labute approximate surface area is 126 Å². The summed E-state index contributed by atoms with van der Waals surface area (Å²) in [5.74, 6) is 1.04. The molecule has 0 aliphatic heterocycles. The summed E-state index contributed by atoms with van der Waals surface area (Å²) in [6, 6.07) is 17.3. The van der Waals surface area contributed by atoms with Crippen molar-refractivity contribution >= 4 is 5.78 Å². The molecule has 2 aromatic carbocycles. The minimum atomic E-state index is 0.165. The molecule has 0 aliphatic carbocycles. The summed E-state index contributed by atoms with van der Waals surface area (Å²) < 4.78 is 5.78. The molecule has 0 fully saturated rings. The number of ketones is 1. The minimum Gasteiger partial charge on any atom is -0.493 e. The third kappa shape index (κ3) is 4.60. The molecule has 2 heteroatoms. The maximum Gasteiger partial charge on any atom is 0.163 e. The van der Waals surface area contributed by atoms with Crippen LogP contribution in [-0.4, -0.2) is 12.4 Å². The van der Waals surface area contributed by atoms with Crippen molar-refractivity contribution in [1.82, 2.24) is 0 Å². The Hall–Kier alpha value is -2.35. The summed E-state index contributed by atoms with van der Waals surface area (Å²) in [7, 11) is 0. The molecule has 2 rings (SSSR count). The number of ether oxygens (including phenoxy) is 1. The average Bonchev–Trinajstić information content (AvgIpc) is 2.54. The predicted molar refractivity (Wildman–Crippen MR) is 85.8 cm³/mol. The molecular weight excluding hydrogens is 260 g/mol. The summed E-state index contributed by atoms with van der Waals surface area (Å²) in [5.41, 5.74) is 1.89. The number of benzene rings is 2. The van der Waals surface area contributed by atoms with Crippen LogP contribution in [0.1, 0.15) is 28.8 Å². The van der Waals surface area contributed by atoms with Crippen LogP contribution in [0.2, 0.25) is 0 Å². The molecular formula is C19H20O2. The van der Waals surface area contributed by atoms with Crippen molar-refractivity contribution in [1.29, 1.82) is 0 Å². The van der Waals surface area contributed by atoms with E-state index in [0.29, 0.717) is 13.0 Å². The first-order valence-corrected chi connectivity index (χ1v) is 7.21. The molecule has 0 aliphatic rings. The van der Waals surface area contributed by atoms with Gasteiger partial charge in [-0.1, -0.05) is 54.6 Å². The second-order valence-electron chi connectivity index (χ2n) is 4.84. The number of para-hydroxylation sites is 1. The third-order valence-electron chi connectivity index (χ3n) is 3.24. The number of rotatable bonds is 8. The van der Waals surface area contributed by atoms with Gasteiger partial charge in [-0.2, -0.15) is 0 Å². The summed E-state index contributed by atoms with van der Waals surface area (Å²) in [4.78, 5) is 12.0. The minimum absolute atomic E-state index is 0.165. The molecule has 0 aromatic heterocycles. The van der Waals surface area contributed by atoms with Crippen LogP contribution in [0.25, 0.3) is 0 Å². The number of Topliss-reactive ketones (excluding diaryl/α,β-unsaturated/α-hetero) is 1. The SMILES string of the molecule is C=CCc1ccccc1OCCCC(=O)c1ccccc1. The second kappa shape index (κ2) is 8.05. The van der Waals surface area contributed by atoms with Gasteiger partial charge in [0.15, 0.2) is 5.78 Å². The van der Waals surface area contributed by atoms with Crippen LogP contribution in [-0.2, 0) is 6.42 Å². The highest BCUT2D eigenvalue weighted by Gasteiger charge is 2.05. The first-order chi connectivity index (χ1) is 10.3. The van der Waals surface area contributed by atoms with Crippen LogP contribution in [0.4, 0.5) is 0 Å². The van der Waals surface area contributed by atoms with Gasteiger partial charge in [0.2, 0.25) is 0 Å². The van der Waals surface area contributed by atoms with Crippen molar-refractivity contribution in [3.05, 3.63) is 78.4 Å². The van der Waals surface area contributed by atoms with E-state index in [1.165, 1.54) is 0 Å². The predicted octanol–water partition coefficient (Wildman–Crippen LogP) is 4.46. The van der Waals surface area contributed by atoms with Crippen LogP contribution >= 0.6 is 0 Å². The van der Waals surface area contributed by atoms with Crippen molar-refractivity contribution < 1.29 is 9.53 Å². The van der Waals surface area contributed by atoms with E-state index in [-0.39, 0.29) is 5.78 Å². The van der Waals surface area contributed by atoms with Gasteiger partial charge in [0.1, 0.15) is 5.75 Å². The standard InChI is InChI=1S/C19H20O2/c1-2-9-17-12-6-7-14-19(17)21-15-8-13-18(20)16-10-4-3-5-11-16/h2-7,10-12,14H,1,8-9,13,15H2. The molecule has 0 amide bonds. The first kappa shape index (κ1) is 15.0. The lowest BCUT2D eigenvalue weighted by molar-refractivity contribution is 0.0973. The quantitative estimate of drug-likeness (QED) is 0.405. The molecule has 108 valence electrons. The summed E-state index contributed by atoms with van der Waals surface area (Å²) in [6.07, 6.45) is 3.88. The van der Waals surface area contributed by atoms with Gasteiger partial charge in [0, 0.05) is 12.0 Å². The number of hydrogen-bond acceptors (Lipinski definition) is 2. The van der Waals surface area contributed by atoms with E-state index >= 15 is 0 Å². The molecule has 0 atom stereocenters. The fraction of sp³-hybridized carbons (Fsp3) is 0.211. The van der Waals surface area contributed by atoms with E-state index in [1.54, 1.807) is 0 Å². The number of hydrogen-bond donors (Lipinski definition) is 0. The van der Waals surface area contributed by atoms with Crippen LogP contribution in [0, 0.1) is 0 Å². The van der Waals surface area contributed by atoms with E-state index in [2.05, 4.69) is 6.58 Å². The van der Waals surface area contributed by atoms with Crippen molar-refractivity contribution in [2.24, 2.45) is 0 Å². The Morgan fingerprint density at radius 1 is 1.05 bits per heavy atom. The van der Waals surface area contributed by atoms with E-state index in [1.807, 2.05) is 60.7 Å². The lowest BCUT2D eigenvalue weighted by Crippen LogP contribution is -2.04. The van der Waals surface area contributed by atoms with Crippen molar-refractivity contribution in [3.63, 3.8) is 0 Å². The Balaban J connectivity index is 1.80. The van der Waals surface area contributed by atoms with Crippen LogP contribution in [0.15, 0.2) is 67.3 Å². The highest BCUT2D eigenvalue weighted by Crippen LogP contribution is 2.19. The fourth-order valence-electron chi connectivity index (χ4n) is 2.15. The van der Waals surface area contributed by atoms with Crippen molar-refractivity contribution in [2.75, 3.05) is 6.61 Å². The topological polar surface area (TPSA) is 26.3 Å². The first-order valence-electron chi connectivity index (χ1n) is 7.21. The monoisotopic (exact) mass is 280 g/mol. The molecule has 0 radical (unpaired) electrons. The van der Waals surface area contributed by atoms with Gasteiger partial charge in [0.05, 0.1) is 6.61 Å². The molecule has 0 bridgehead atoms. The third-order valence-corrected chi connectivity index (χ3v) is 3.24. The zero-order valence-corrected chi connectivity index (χ0v) is 12.1. The van der Waals surface area contributed by atoms with Gasteiger partial charge >= 0.3 is 0 Å². The van der Waals surface area contributed by atoms with Crippen molar-refractivity contribution in [3.8, 4) is 5.75 Å². The largest absolute Gasteiger partial charge is 0.493 e. The van der Waals surface area contributed by atoms with Gasteiger partial charge in [-0.05, 0) is 24.5 Å². The highest BCUT2D eigenvalue weighted by molar-refractivity contribution is 5.95. The van der Waals surface area contributed by atoms with Crippen LogP contribution < -0.4 is 4.74 Å². The van der Waals surface area contributed by atoms with Gasteiger partial charge in [-0.3, -0.25) is 4.79 Å². The Morgan fingerprint density at radius 3 is 2.52 bits per heavy atom. The fourth-order valence-corrected chi connectivity index (χ4v) is 2.15. The van der Waals surface area contributed by atoms with E-state index in [4.69, 9.17) is 4.74 Å². The van der Waals surface area contributed by atoms with Crippen LogP contribution in [0.5, 0.6) is 5.75 Å². The molecule has 2 nitrogen and oxygen atoms in total. The van der Waals surface area contributed by atoms with Crippen molar-refractivity contribution in [2.45, 2.75) is 19.3 Å². The molecule has 0 spiro atoms. The smallest absolute Gasteiger partial charge is 0.163 e.